The van der Waals surface area contributed by atoms with Crippen molar-refractivity contribution in [2.45, 2.75) is 83.8 Å². The Balaban J connectivity index is 1.82. The van der Waals surface area contributed by atoms with Crippen molar-refractivity contribution >= 4 is 0 Å². The first-order valence-corrected chi connectivity index (χ1v) is 9.17. The first-order chi connectivity index (χ1) is 10.6. The molecule has 0 radical (unpaired) electrons. The molecule has 1 aliphatic carbocycles. The van der Waals surface area contributed by atoms with Crippen LogP contribution in [-0.4, -0.2) is 12.1 Å². The number of ether oxygens (including phenoxy) is 1. The van der Waals surface area contributed by atoms with Crippen LogP contribution in [0.2, 0.25) is 0 Å². The van der Waals surface area contributed by atoms with Gasteiger partial charge in [0.15, 0.2) is 0 Å². The summed E-state index contributed by atoms with van der Waals surface area (Å²) in [5.74, 6) is 1.14. The molecule has 2 aliphatic rings. The Bertz CT molecular complexity index is 517. The van der Waals surface area contributed by atoms with Gasteiger partial charge in [-0.15, -0.1) is 0 Å². The highest BCUT2D eigenvalue weighted by Gasteiger charge is 2.42. The van der Waals surface area contributed by atoms with Crippen molar-refractivity contribution < 1.29 is 4.74 Å². The molecule has 1 saturated carbocycles. The Hall–Kier alpha value is -1.02. The summed E-state index contributed by atoms with van der Waals surface area (Å²) in [5, 5.41) is 3.83. The Morgan fingerprint density at radius 2 is 1.86 bits per heavy atom. The van der Waals surface area contributed by atoms with Crippen molar-refractivity contribution in [1.82, 2.24) is 5.32 Å². The van der Waals surface area contributed by atoms with E-state index in [4.69, 9.17) is 4.74 Å². The second-order valence-corrected chi connectivity index (χ2v) is 7.38. The summed E-state index contributed by atoms with van der Waals surface area (Å²) in [6.45, 7) is 7.80. The lowest BCUT2D eigenvalue weighted by Gasteiger charge is -2.41. The number of hydrogen-bond acceptors (Lipinski definition) is 2. The highest BCUT2D eigenvalue weighted by Crippen LogP contribution is 2.47. The molecular formula is C20H31NO. The normalized spacial score (nSPS) is 22.6. The summed E-state index contributed by atoms with van der Waals surface area (Å²) in [4.78, 5) is 0. The van der Waals surface area contributed by atoms with Gasteiger partial charge in [0.2, 0.25) is 0 Å². The molecule has 2 heteroatoms. The van der Waals surface area contributed by atoms with Crippen molar-refractivity contribution in [3.05, 3.63) is 28.8 Å². The van der Waals surface area contributed by atoms with Crippen molar-refractivity contribution in [3.63, 3.8) is 0 Å². The van der Waals surface area contributed by atoms with Gasteiger partial charge in [0.05, 0.1) is 0 Å². The fourth-order valence-electron chi connectivity index (χ4n) is 4.09. The predicted molar refractivity (Wildman–Crippen MR) is 92.6 cm³/mol. The smallest absolute Gasteiger partial charge is 0.125 e. The van der Waals surface area contributed by atoms with Crippen molar-refractivity contribution in [2.75, 3.05) is 6.54 Å². The number of nitrogens with one attached hydrogen (secondary N) is 1. The van der Waals surface area contributed by atoms with E-state index in [1.807, 2.05) is 0 Å². The van der Waals surface area contributed by atoms with Gasteiger partial charge in [0.1, 0.15) is 11.4 Å². The fourth-order valence-corrected chi connectivity index (χ4v) is 4.09. The lowest BCUT2D eigenvalue weighted by atomic mass is 9.84. The molecule has 0 saturated heterocycles. The average molecular weight is 301 g/mol. The summed E-state index contributed by atoms with van der Waals surface area (Å²) >= 11 is 0. The molecule has 1 fully saturated rings. The first kappa shape index (κ1) is 15.9. The monoisotopic (exact) mass is 301 g/mol. The molecule has 1 atom stereocenters. The van der Waals surface area contributed by atoms with E-state index < -0.39 is 0 Å². The lowest BCUT2D eigenvalue weighted by Crippen LogP contribution is -2.42. The quantitative estimate of drug-likeness (QED) is 0.753. The minimum atomic E-state index is 0.108. The maximum Gasteiger partial charge on any atom is 0.125 e. The summed E-state index contributed by atoms with van der Waals surface area (Å²) in [6, 6.07) is 5.09. The van der Waals surface area contributed by atoms with E-state index in [1.54, 1.807) is 0 Å². The molecule has 1 aromatic rings. The van der Waals surface area contributed by atoms with E-state index in [2.05, 4.69) is 38.2 Å². The van der Waals surface area contributed by atoms with Crippen LogP contribution in [0.5, 0.6) is 5.75 Å². The highest BCUT2D eigenvalue weighted by atomic mass is 16.5. The third kappa shape index (κ3) is 3.17. The third-order valence-electron chi connectivity index (χ3n) is 5.59. The van der Waals surface area contributed by atoms with E-state index >= 15 is 0 Å². The van der Waals surface area contributed by atoms with Gasteiger partial charge in [-0.25, -0.2) is 0 Å². The maximum atomic E-state index is 6.53. The zero-order valence-corrected chi connectivity index (χ0v) is 14.5. The van der Waals surface area contributed by atoms with Crippen LogP contribution in [0.15, 0.2) is 12.1 Å². The number of benzene rings is 1. The van der Waals surface area contributed by atoms with Crippen LogP contribution >= 0.6 is 0 Å². The van der Waals surface area contributed by atoms with Crippen LogP contribution in [0.4, 0.5) is 0 Å². The molecule has 0 bridgehead atoms. The van der Waals surface area contributed by atoms with E-state index in [0.29, 0.717) is 6.04 Å². The van der Waals surface area contributed by atoms with Crippen LogP contribution in [-0.2, 0) is 0 Å². The van der Waals surface area contributed by atoms with E-state index in [-0.39, 0.29) is 5.60 Å². The lowest BCUT2D eigenvalue weighted by molar-refractivity contribution is 0.0366. The van der Waals surface area contributed by atoms with Crippen LogP contribution < -0.4 is 10.1 Å². The molecule has 1 spiro atoms. The summed E-state index contributed by atoms with van der Waals surface area (Å²) in [7, 11) is 0. The molecular weight excluding hydrogens is 270 g/mol. The van der Waals surface area contributed by atoms with Gasteiger partial charge >= 0.3 is 0 Å². The summed E-state index contributed by atoms with van der Waals surface area (Å²) in [6.07, 6.45) is 10.1. The van der Waals surface area contributed by atoms with Gasteiger partial charge in [-0.1, -0.05) is 25.8 Å². The Labute approximate surface area is 135 Å². The maximum absolute atomic E-state index is 6.53. The van der Waals surface area contributed by atoms with Gasteiger partial charge in [-0.3, -0.25) is 0 Å². The molecule has 2 nitrogen and oxygen atoms in total. The van der Waals surface area contributed by atoms with Crippen LogP contribution in [0.1, 0.15) is 81.0 Å². The molecule has 0 amide bonds. The van der Waals surface area contributed by atoms with E-state index in [0.717, 1.165) is 18.7 Å². The largest absolute Gasteiger partial charge is 0.487 e. The minimum absolute atomic E-state index is 0.108. The van der Waals surface area contributed by atoms with Crippen LogP contribution in [0.25, 0.3) is 0 Å². The van der Waals surface area contributed by atoms with Gasteiger partial charge in [-0.2, -0.15) is 0 Å². The molecule has 22 heavy (non-hydrogen) atoms. The molecule has 1 aromatic carbocycles. The third-order valence-corrected chi connectivity index (χ3v) is 5.59. The molecule has 3 rings (SSSR count). The van der Waals surface area contributed by atoms with Crippen LogP contribution in [0.3, 0.4) is 0 Å². The van der Waals surface area contributed by atoms with Gasteiger partial charge in [0, 0.05) is 18.0 Å². The van der Waals surface area contributed by atoms with Gasteiger partial charge < -0.3 is 10.1 Å². The molecule has 0 aromatic heterocycles. The number of unbranched alkanes of at least 4 members (excludes halogenated alkanes) is 2. The molecule has 1 heterocycles. The van der Waals surface area contributed by atoms with E-state index in [9.17, 15) is 0 Å². The van der Waals surface area contributed by atoms with Crippen molar-refractivity contribution in [1.29, 1.82) is 0 Å². The van der Waals surface area contributed by atoms with Gasteiger partial charge in [-0.05, 0) is 69.7 Å². The number of aryl methyl sites for hydroxylation is 2. The summed E-state index contributed by atoms with van der Waals surface area (Å²) < 4.78 is 6.53. The van der Waals surface area contributed by atoms with Crippen molar-refractivity contribution in [2.24, 2.45) is 0 Å². The van der Waals surface area contributed by atoms with Crippen LogP contribution in [0, 0.1) is 13.8 Å². The first-order valence-electron chi connectivity index (χ1n) is 9.17. The Morgan fingerprint density at radius 1 is 1.14 bits per heavy atom. The standard InChI is InChI=1S/C20H31NO/c1-4-5-8-11-21-18-14-20(9-6-7-10-20)22-19-13-16(3)15(2)12-17(18)19/h12-13,18,21H,4-11,14H2,1-3H3. The molecule has 1 aliphatic heterocycles. The SMILES string of the molecule is CCCCCNC1CC2(CCCC2)Oc2cc(C)c(C)cc21. The topological polar surface area (TPSA) is 21.3 Å². The highest BCUT2D eigenvalue weighted by molar-refractivity contribution is 5.45. The fraction of sp³-hybridized carbons (Fsp3) is 0.700. The van der Waals surface area contributed by atoms with Crippen molar-refractivity contribution in [3.8, 4) is 5.75 Å². The second kappa shape index (κ2) is 6.62. The number of hydrogen-bond donors (Lipinski definition) is 1. The van der Waals surface area contributed by atoms with E-state index in [1.165, 1.54) is 61.6 Å². The Morgan fingerprint density at radius 3 is 2.59 bits per heavy atom. The molecule has 1 N–H and O–H groups in total. The summed E-state index contributed by atoms with van der Waals surface area (Å²) in [5.41, 5.74) is 4.22. The zero-order valence-electron chi connectivity index (χ0n) is 14.5. The minimum Gasteiger partial charge on any atom is -0.487 e. The second-order valence-electron chi connectivity index (χ2n) is 7.38. The van der Waals surface area contributed by atoms with Gasteiger partial charge in [0.25, 0.3) is 0 Å². The molecule has 1 unspecified atom stereocenters. The molecule has 122 valence electrons. The zero-order chi connectivity index (χ0) is 15.6. The predicted octanol–water partition coefficient (Wildman–Crippen LogP) is 5.22. The number of fused-ring (bicyclic) bond motifs is 1. The Kier molecular flexibility index (Phi) is 4.77. The average Bonchev–Trinajstić information content (AvgIpc) is 2.93. The number of rotatable bonds is 5.